The van der Waals surface area contributed by atoms with E-state index in [1.807, 2.05) is 0 Å². The highest BCUT2D eigenvalue weighted by molar-refractivity contribution is 5.71. The zero-order valence-corrected chi connectivity index (χ0v) is 44.0. The molecule has 66 heavy (non-hydrogen) atoms. The van der Waals surface area contributed by atoms with Crippen molar-refractivity contribution in [2.24, 2.45) is 0 Å². The maximum Gasteiger partial charge on any atom is 0.306 e. The van der Waals surface area contributed by atoms with Crippen molar-refractivity contribution in [2.75, 3.05) is 13.2 Å². The Morgan fingerprint density at radius 3 is 0.909 bits per heavy atom. The second kappa shape index (κ2) is 55.0. The summed E-state index contributed by atoms with van der Waals surface area (Å²) in [5.41, 5.74) is 0. The molecule has 6 heteroatoms. The molecular weight excluding hydrogens is 817 g/mol. The van der Waals surface area contributed by atoms with Crippen molar-refractivity contribution in [3.8, 4) is 0 Å². The highest BCUT2D eigenvalue weighted by Crippen LogP contribution is 2.16. The van der Waals surface area contributed by atoms with E-state index in [0.29, 0.717) is 19.3 Å². The Hall–Kier alpha value is -2.63. The molecule has 1 atom stereocenters. The maximum atomic E-state index is 12.9. The Morgan fingerprint density at radius 1 is 0.303 bits per heavy atom. The van der Waals surface area contributed by atoms with Crippen molar-refractivity contribution >= 4 is 17.9 Å². The van der Waals surface area contributed by atoms with Gasteiger partial charge in [-0.25, -0.2) is 0 Å². The first-order chi connectivity index (χ1) is 32.5. The van der Waals surface area contributed by atoms with Gasteiger partial charge in [0, 0.05) is 19.3 Å². The average Bonchev–Trinajstić information content (AvgIpc) is 3.31. The van der Waals surface area contributed by atoms with E-state index in [0.717, 1.165) is 89.9 Å². The number of allylic oxidation sites excluding steroid dienone is 8. The lowest BCUT2D eigenvalue weighted by Crippen LogP contribution is -2.30. The predicted octanol–water partition coefficient (Wildman–Crippen LogP) is 19.0. The summed E-state index contributed by atoms with van der Waals surface area (Å²) in [5.74, 6) is -0.886. The Labute approximate surface area is 409 Å². The molecule has 0 amide bonds. The van der Waals surface area contributed by atoms with Gasteiger partial charge < -0.3 is 14.2 Å². The first kappa shape index (κ1) is 63.4. The second-order valence-electron chi connectivity index (χ2n) is 19.2. The summed E-state index contributed by atoms with van der Waals surface area (Å²) in [7, 11) is 0. The van der Waals surface area contributed by atoms with E-state index in [-0.39, 0.29) is 31.1 Å². The Kier molecular flexibility index (Phi) is 52.8. The minimum atomic E-state index is -0.780. The highest BCUT2D eigenvalue weighted by Gasteiger charge is 2.19. The van der Waals surface area contributed by atoms with Crippen LogP contribution >= 0.6 is 0 Å². The van der Waals surface area contributed by atoms with Crippen LogP contribution in [0.3, 0.4) is 0 Å². The van der Waals surface area contributed by atoms with Gasteiger partial charge in [-0.2, -0.15) is 0 Å². The number of carbonyl (C=O) groups is 3. The van der Waals surface area contributed by atoms with E-state index in [9.17, 15) is 14.4 Å². The molecule has 0 fully saturated rings. The first-order valence-electron chi connectivity index (χ1n) is 28.6. The lowest BCUT2D eigenvalue weighted by molar-refractivity contribution is -0.167. The van der Waals surface area contributed by atoms with Gasteiger partial charge in [0.2, 0.25) is 0 Å². The molecule has 0 N–H and O–H groups in total. The SMILES string of the molecule is CCCC/C=C\C/C=C\CCCCCCCC(=O)OCC(COC(=O)CCCCCCCCC/C=C\C/C=C\CCCCC)OC(=O)CCCCCCCCCCCCCCCCCCC. The maximum absolute atomic E-state index is 12.9. The predicted molar refractivity (Wildman–Crippen MR) is 284 cm³/mol. The Bertz CT molecular complexity index is 1150. The van der Waals surface area contributed by atoms with Gasteiger partial charge in [0.25, 0.3) is 0 Å². The van der Waals surface area contributed by atoms with Crippen LogP contribution < -0.4 is 0 Å². The van der Waals surface area contributed by atoms with E-state index in [1.165, 1.54) is 167 Å². The van der Waals surface area contributed by atoms with Crippen LogP contribution in [0.25, 0.3) is 0 Å². The molecule has 0 saturated heterocycles. The first-order valence-corrected chi connectivity index (χ1v) is 28.6. The van der Waals surface area contributed by atoms with Crippen LogP contribution in [0, 0.1) is 0 Å². The van der Waals surface area contributed by atoms with E-state index in [2.05, 4.69) is 69.4 Å². The molecule has 0 rings (SSSR count). The van der Waals surface area contributed by atoms with E-state index < -0.39 is 6.10 Å². The summed E-state index contributed by atoms with van der Waals surface area (Å²) in [5, 5.41) is 0. The fourth-order valence-corrected chi connectivity index (χ4v) is 8.20. The van der Waals surface area contributed by atoms with E-state index >= 15 is 0 Å². The minimum absolute atomic E-state index is 0.0792. The third kappa shape index (κ3) is 52.3. The number of ether oxygens (including phenoxy) is 3. The van der Waals surface area contributed by atoms with Gasteiger partial charge >= 0.3 is 17.9 Å². The molecule has 0 radical (unpaired) electrons. The number of rotatable bonds is 52. The van der Waals surface area contributed by atoms with Gasteiger partial charge in [0.05, 0.1) is 0 Å². The van der Waals surface area contributed by atoms with Gasteiger partial charge in [-0.15, -0.1) is 0 Å². The van der Waals surface area contributed by atoms with Crippen molar-refractivity contribution in [1.82, 2.24) is 0 Å². The molecule has 0 spiro atoms. The van der Waals surface area contributed by atoms with Gasteiger partial charge in [-0.1, -0.05) is 249 Å². The number of hydrogen-bond acceptors (Lipinski definition) is 6. The van der Waals surface area contributed by atoms with Crippen LogP contribution in [0.2, 0.25) is 0 Å². The van der Waals surface area contributed by atoms with Crippen molar-refractivity contribution in [3.05, 3.63) is 48.6 Å². The molecule has 0 saturated carbocycles. The molecule has 0 aliphatic heterocycles. The van der Waals surface area contributed by atoms with Crippen LogP contribution in [-0.2, 0) is 28.6 Å². The summed E-state index contributed by atoms with van der Waals surface area (Å²) in [6.07, 6.45) is 66.6. The summed E-state index contributed by atoms with van der Waals surface area (Å²) < 4.78 is 16.9. The topological polar surface area (TPSA) is 78.9 Å². The molecule has 384 valence electrons. The van der Waals surface area contributed by atoms with Gasteiger partial charge in [0.1, 0.15) is 13.2 Å². The molecule has 0 aromatic carbocycles. The van der Waals surface area contributed by atoms with Crippen LogP contribution in [0.5, 0.6) is 0 Å². The van der Waals surface area contributed by atoms with Crippen LogP contribution in [-0.4, -0.2) is 37.2 Å². The number of esters is 3. The lowest BCUT2D eigenvalue weighted by Gasteiger charge is -2.18. The molecule has 6 nitrogen and oxygen atoms in total. The van der Waals surface area contributed by atoms with Gasteiger partial charge in [-0.3, -0.25) is 14.4 Å². The molecule has 0 heterocycles. The average molecular weight is 926 g/mol. The lowest BCUT2D eigenvalue weighted by atomic mass is 10.0. The fraction of sp³-hybridized carbons (Fsp3) is 0.817. The molecule has 0 aliphatic carbocycles. The molecule has 0 aromatic heterocycles. The molecular formula is C60H108O6. The molecule has 0 bridgehead atoms. The Balaban J connectivity index is 4.37. The number of unbranched alkanes of at least 4 members (excludes halogenated alkanes) is 33. The third-order valence-corrected chi connectivity index (χ3v) is 12.6. The number of hydrogen-bond donors (Lipinski definition) is 0. The van der Waals surface area contributed by atoms with Gasteiger partial charge in [0.15, 0.2) is 6.10 Å². The zero-order chi connectivity index (χ0) is 47.9. The van der Waals surface area contributed by atoms with Gasteiger partial charge in [-0.05, 0) is 77.0 Å². The number of carbonyl (C=O) groups excluding carboxylic acids is 3. The van der Waals surface area contributed by atoms with E-state index in [4.69, 9.17) is 14.2 Å². The fourth-order valence-electron chi connectivity index (χ4n) is 8.20. The largest absolute Gasteiger partial charge is 0.462 e. The Morgan fingerprint density at radius 2 is 0.561 bits per heavy atom. The zero-order valence-electron chi connectivity index (χ0n) is 44.0. The van der Waals surface area contributed by atoms with Crippen molar-refractivity contribution in [1.29, 1.82) is 0 Å². The standard InChI is InChI=1S/C60H108O6/c1-4-7-10-13-16-19-22-25-28-30-32-35-38-41-44-47-50-53-59(62)65-56-57(55-64-58(61)52-49-46-43-40-37-34-27-24-21-18-15-12-9-6-3)66-60(63)54-51-48-45-42-39-36-33-31-29-26-23-20-17-14-11-8-5-2/h15-16,18-19,24-25,27-28,57H,4-14,17,20-23,26,29-56H2,1-3H3/b18-15-,19-16-,27-24-,28-25-. The van der Waals surface area contributed by atoms with Crippen molar-refractivity contribution < 1.29 is 28.6 Å². The quantitative estimate of drug-likeness (QED) is 0.0262. The normalized spacial score (nSPS) is 12.3. The third-order valence-electron chi connectivity index (χ3n) is 12.6. The van der Waals surface area contributed by atoms with Crippen LogP contribution in [0.4, 0.5) is 0 Å². The summed E-state index contributed by atoms with van der Waals surface area (Å²) in [6, 6.07) is 0. The molecule has 0 aliphatic rings. The van der Waals surface area contributed by atoms with Crippen LogP contribution in [0.1, 0.15) is 297 Å². The second-order valence-corrected chi connectivity index (χ2v) is 19.2. The summed E-state index contributed by atoms with van der Waals surface area (Å²) in [4.78, 5) is 38.1. The molecule has 0 aromatic rings. The van der Waals surface area contributed by atoms with Crippen molar-refractivity contribution in [2.45, 2.75) is 303 Å². The van der Waals surface area contributed by atoms with E-state index in [1.54, 1.807) is 0 Å². The van der Waals surface area contributed by atoms with Crippen LogP contribution in [0.15, 0.2) is 48.6 Å². The summed E-state index contributed by atoms with van der Waals surface area (Å²) in [6.45, 7) is 6.59. The smallest absolute Gasteiger partial charge is 0.306 e. The molecule has 1 unspecified atom stereocenters. The van der Waals surface area contributed by atoms with Crippen molar-refractivity contribution in [3.63, 3.8) is 0 Å². The highest BCUT2D eigenvalue weighted by atomic mass is 16.6. The summed E-state index contributed by atoms with van der Waals surface area (Å²) >= 11 is 0. The minimum Gasteiger partial charge on any atom is -0.462 e. The monoisotopic (exact) mass is 925 g/mol.